The maximum absolute atomic E-state index is 12.7. The largest absolute Gasteiger partial charge is 0.497 e. The van der Waals surface area contributed by atoms with Gasteiger partial charge in [0.1, 0.15) is 11.5 Å². The van der Waals surface area contributed by atoms with Crippen molar-refractivity contribution in [3.8, 4) is 22.6 Å². The third kappa shape index (κ3) is 7.59. The summed E-state index contributed by atoms with van der Waals surface area (Å²) in [5.74, 6) is 1.45. The van der Waals surface area contributed by atoms with Crippen molar-refractivity contribution in [1.29, 1.82) is 0 Å². The first-order chi connectivity index (χ1) is 18.6. The van der Waals surface area contributed by atoms with Crippen molar-refractivity contribution in [3.05, 3.63) is 83.9 Å². The highest BCUT2D eigenvalue weighted by Crippen LogP contribution is 2.24. The predicted octanol–water partition coefficient (Wildman–Crippen LogP) is 4.50. The van der Waals surface area contributed by atoms with Crippen LogP contribution in [0, 0.1) is 0 Å². The Hall–Kier alpha value is -3.84. The normalized spacial score (nSPS) is 13.7. The molecule has 0 atom stereocenters. The van der Waals surface area contributed by atoms with Gasteiger partial charge in [-0.1, -0.05) is 48.5 Å². The zero-order valence-corrected chi connectivity index (χ0v) is 22.3. The smallest absolute Gasteiger partial charge is 0.222 e. The van der Waals surface area contributed by atoms with Gasteiger partial charge >= 0.3 is 0 Å². The minimum Gasteiger partial charge on any atom is -0.497 e. The van der Waals surface area contributed by atoms with Crippen LogP contribution >= 0.6 is 0 Å². The van der Waals surface area contributed by atoms with Gasteiger partial charge in [-0.3, -0.25) is 14.5 Å². The second kappa shape index (κ2) is 13.6. The number of hydrogen-bond acceptors (Lipinski definition) is 5. The van der Waals surface area contributed by atoms with Gasteiger partial charge < -0.3 is 19.7 Å². The number of amides is 2. The molecule has 7 nitrogen and oxygen atoms in total. The van der Waals surface area contributed by atoms with E-state index in [2.05, 4.69) is 58.7 Å². The second-order valence-electron chi connectivity index (χ2n) is 9.53. The molecule has 0 saturated carbocycles. The van der Waals surface area contributed by atoms with Crippen LogP contribution in [0.4, 0.5) is 0 Å². The van der Waals surface area contributed by atoms with Crippen LogP contribution in [-0.4, -0.2) is 62.0 Å². The van der Waals surface area contributed by atoms with Gasteiger partial charge in [0.05, 0.1) is 14.2 Å². The molecule has 0 radical (unpaired) electrons. The molecule has 0 unspecified atom stereocenters. The Morgan fingerprint density at radius 2 is 1.58 bits per heavy atom. The number of nitrogens with one attached hydrogen (secondary N) is 1. The third-order valence-electron chi connectivity index (χ3n) is 6.92. The zero-order chi connectivity index (χ0) is 26.7. The summed E-state index contributed by atoms with van der Waals surface area (Å²) >= 11 is 0. The molecule has 1 saturated heterocycles. The molecule has 1 fully saturated rings. The number of benzene rings is 3. The molecule has 0 aliphatic carbocycles. The van der Waals surface area contributed by atoms with E-state index in [-0.39, 0.29) is 11.8 Å². The standard InChI is InChI=1S/C31H37N3O4/c1-37-28-14-15-29(38-2)27(21-28)22-32-30(35)12-7-13-31(36)34-18-16-33(17-19-34)23-24-8-6-11-26(20-24)25-9-4-3-5-10-25/h3-6,8-11,14-15,20-21H,7,12-13,16-19,22-23H2,1-2H3,(H,32,35). The molecule has 0 aromatic heterocycles. The number of ether oxygens (including phenoxy) is 2. The second-order valence-corrected chi connectivity index (χ2v) is 9.53. The number of hydrogen-bond donors (Lipinski definition) is 1. The first-order valence-electron chi connectivity index (χ1n) is 13.2. The molecule has 200 valence electrons. The molecule has 0 spiro atoms. The fourth-order valence-electron chi connectivity index (χ4n) is 4.75. The minimum atomic E-state index is -0.0785. The molecular weight excluding hydrogens is 478 g/mol. The number of nitrogens with zero attached hydrogens (tertiary/aromatic N) is 2. The fourth-order valence-corrected chi connectivity index (χ4v) is 4.75. The van der Waals surface area contributed by atoms with E-state index < -0.39 is 0 Å². The topological polar surface area (TPSA) is 71.1 Å². The van der Waals surface area contributed by atoms with E-state index in [9.17, 15) is 9.59 Å². The quantitative estimate of drug-likeness (QED) is 0.407. The lowest BCUT2D eigenvalue weighted by atomic mass is 10.0. The monoisotopic (exact) mass is 515 g/mol. The molecule has 1 N–H and O–H groups in total. The van der Waals surface area contributed by atoms with Gasteiger partial charge in [0.15, 0.2) is 0 Å². The fraction of sp³-hybridized carbons (Fsp3) is 0.355. The number of methoxy groups -OCH3 is 2. The van der Waals surface area contributed by atoms with Gasteiger partial charge in [0.25, 0.3) is 0 Å². The van der Waals surface area contributed by atoms with Crippen LogP contribution in [0.25, 0.3) is 11.1 Å². The van der Waals surface area contributed by atoms with E-state index in [0.29, 0.717) is 37.3 Å². The Kier molecular flexibility index (Phi) is 9.76. The summed E-state index contributed by atoms with van der Waals surface area (Å²) in [7, 11) is 3.20. The van der Waals surface area contributed by atoms with Gasteiger partial charge in [-0.2, -0.15) is 0 Å². The summed E-state index contributed by atoms with van der Waals surface area (Å²) in [6.45, 7) is 4.37. The lowest BCUT2D eigenvalue weighted by Gasteiger charge is -2.35. The summed E-state index contributed by atoms with van der Waals surface area (Å²) in [5, 5.41) is 2.92. The van der Waals surface area contributed by atoms with E-state index in [1.807, 2.05) is 29.2 Å². The van der Waals surface area contributed by atoms with Crippen molar-refractivity contribution in [2.24, 2.45) is 0 Å². The van der Waals surface area contributed by atoms with Crippen molar-refractivity contribution < 1.29 is 19.1 Å². The highest BCUT2D eigenvalue weighted by Gasteiger charge is 2.21. The van der Waals surface area contributed by atoms with E-state index in [4.69, 9.17) is 9.47 Å². The molecule has 1 heterocycles. The Labute approximate surface area is 225 Å². The Morgan fingerprint density at radius 1 is 0.816 bits per heavy atom. The first kappa shape index (κ1) is 27.2. The third-order valence-corrected chi connectivity index (χ3v) is 6.92. The van der Waals surface area contributed by atoms with E-state index in [1.54, 1.807) is 14.2 Å². The van der Waals surface area contributed by atoms with Crippen LogP contribution in [-0.2, 0) is 22.7 Å². The number of carbonyl (C=O) groups excluding carboxylic acids is 2. The summed E-state index contributed by atoms with van der Waals surface area (Å²) < 4.78 is 10.6. The molecule has 3 aromatic carbocycles. The Morgan fingerprint density at radius 3 is 2.32 bits per heavy atom. The maximum Gasteiger partial charge on any atom is 0.222 e. The maximum atomic E-state index is 12.7. The molecule has 3 aromatic rings. The number of rotatable bonds is 11. The van der Waals surface area contributed by atoms with Crippen LogP contribution in [0.3, 0.4) is 0 Å². The van der Waals surface area contributed by atoms with Gasteiger partial charge in [0, 0.05) is 57.7 Å². The van der Waals surface area contributed by atoms with Crippen LogP contribution in [0.15, 0.2) is 72.8 Å². The van der Waals surface area contributed by atoms with Crippen LogP contribution in [0.5, 0.6) is 11.5 Å². The van der Waals surface area contributed by atoms with Crippen molar-refractivity contribution in [2.45, 2.75) is 32.4 Å². The lowest BCUT2D eigenvalue weighted by Crippen LogP contribution is -2.48. The average Bonchev–Trinajstić information content (AvgIpc) is 2.96. The van der Waals surface area contributed by atoms with E-state index in [1.165, 1.54) is 16.7 Å². The summed E-state index contributed by atoms with van der Waals surface area (Å²) in [6, 6.07) is 24.6. The summed E-state index contributed by atoms with van der Waals surface area (Å²) in [6.07, 6.45) is 1.23. The highest BCUT2D eigenvalue weighted by molar-refractivity contribution is 5.79. The molecular formula is C31H37N3O4. The molecule has 2 amide bonds. The number of piperazine rings is 1. The van der Waals surface area contributed by atoms with E-state index in [0.717, 1.165) is 38.3 Å². The summed E-state index contributed by atoms with van der Waals surface area (Å²) in [5.41, 5.74) is 4.58. The van der Waals surface area contributed by atoms with Crippen molar-refractivity contribution in [1.82, 2.24) is 15.1 Å². The van der Waals surface area contributed by atoms with Crippen LogP contribution in [0.2, 0.25) is 0 Å². The first-order valence-corrected chi connectivity index (χ1v) is 13.2. The SMILES string of the molecule is COc1ccc(OC)c(CNC(=O)CCCC(=O)N2CCN(Cc3cccc(-c4ccccc4)c3)CC2)c1. The molecule has 38 heavy (non-hydrogen) atoms. The Balaban J connectivity index is 1.16. The van der Waals surface area contributed by atoms with Crippen molar-refractivity contribution >= 4 is 11.8 Å². The summed E-state index contributed by atoms with van der Waals surface area (Å²) in [4.78, 5) is 29.4. The Bertz CT molecular complexity index is 1210. The van der Waals surface area contributed by atoms with Crippen molar-refractivity contribution in [3.63, 3.8) is 0 Å². The molecule has 0 bridgehead atoms. The van der Waals surface area contributed by atoms with Gasteiger partial charge in [0.2, 0.25) is 11.8 Å². The molecule has 7 heteroatoms. The minimum absolute atomic E-state index is 0.0785. The molecule has 4 rings (SSSR count). The highest BCUT2D eigenvalue weighted by atomic mass is 16.5. The van der Waals surface area contributed by atoms with E-state index >= 15 is 0 Å². The van der Waals surface area contributed by atoms with Crippen LogP contribution in [0.1, 0.15) is 30.4 Å². The average molecular weight is 516 g/mol. The van der Waals surface area contributed by atoms with Crippen molar-refractivity contribution in [2.75, 3.05) is 40.4 Å². The van der Waals surface area contributed by atoms with Gasteiger partial charge in [-0.05, 0) is 47.4 Å². The lowest BCUT2D eigenvalue weighted by molar-refractivity contribution is -0.133. The van der Waals surface area contributed by atoms with Gasteiger partial charge in [-0.25, -0.2) is 0 Å². The van der Waals surface area contributed by atoms with Crippen LogP contribution < -0.4 is 14.8 Å². The molecule has 1 aliphatic heterocycles. The zero-order valence-electron chi connectivity index (χ0n) is 22.3. The molecule has 1 aliphatic rings. The number of carbonyl (C=O) groups is 2. The predicted molar refractivity (Wildman–Crippen MR) is 149 cm³/mol. The van der Waals surface area contributed by atoms with Gasteiger partial charge in [-0.15, -0.1) is 0 Å².